The van der Waals surface area contributed by atoms with Crippen LogP contribution in [0.2, 0.25) is 0 Å². The van der Waals surface area contributed by atoms with Crippen molar-refractivity contribution in [2.45, 2.75) is 44.9 Å². The average Bonchev–Trinajstić information content (AvgIpc) is 2.74. The minimum absolute atomic E-state index is 0. The second kappa shape index (κ2) is 11.6. The minimum atomic E-state index is -0.0604. The highest BCUT2D eigenvalue weighted by Crippen LogP contribution is 2.36. The summed E-state index contributed by atoms with van der Waals surface area (Å²) < 4.78 is 11.2. The summed E-state index contributed by atoms with van der Waals surface area (Å²) in [6.07, 6.45) is 1.86. The van der Waals surface area contributed by atoms with E-state index in [9.17, 15) is 0 Å². The minimum Gasteiger partial charge on any atom is -0.494 e. The number of aliphatic imine (C=N–C) groups is 1. The van der Waals surface area contributed by atoms with E-state index in [0.29, 0.717) is 25.0 Å². The smallest absolute Gasteiger partial charge is 0.193 e. The second-order valence-corrected chi connectivity index (χ2v) is 7.96. The fraction of sp³-hybridized carbons (Fsp3) is 0.458. The summed E-state index contributed by atoms with van der Waals surface area (Å²) in [6.45, 7) is 9.15. The molecule has 0 radical (unpaired) electrons. The summed E-state index contributed by atoms with van der Waals surface area (Å²) in [4.78, 5) is 4.72. The van der Waals surface area contributed by atoms with Crippen LogP contribution < -0.4 is 15.8 Å². The van der Waals surface area contributed by atoms with Gasteiger partial charge in [0.2, 0.25) is 0 Å². The van der Waals surface area contributed by atoms with Crippen LogP contribution in [0.4, 0.5) is 5.69 Å². The van der Waals surface area contributed by atoms with Gasteiger partial charge in [0.15, 0.2) is 5.96 Å². The van der Waals surface area contributed by atoms with Crippen molar-refractivity contribution in [2.24, 2.45) is 10.7 Å². The van der Waals surface area contributed by atoms with E-state index < -0.39 is 0 Å². The molecule has 1 aliphatic rings. The molecule has 0 aromatic heterocycles. The largest absolute Gasteiger partial charge is 0.494 e. The van der Waals surface area contributed by atoms with E-state index in [1.54, 1.807) is 0 Å². The number of guanidine groups is 1. The van der Waals surface area contributed by atoms with Crippen molar-refractivity contribution in [1.29, 1.82) is 0 Å². The van der Waals surface area contributed by atoms with Crippen LogP contribution in [-0.2, 0) is 10.2 Å². The molecule has 0 aliphatic carbocycles. The molecule has 30 heavy (non-hydrogen) atoms. The molecule has 1 aliphatic heterocycles. The van der Waals surface area contributed by atoms with Crippen LogP contribution in [0.25, 0.3) is 0 Å². The van der Waals surface area contributed by atoms with Gasteiger partial charge in [0, 0.05) is 24.3 Å². The predicted molar refractivity (Wildman–Crippen MR) is 135 cm³/mol. The molecule has 2 aromatic rings. The summed E-state index contributed by atoms with van der Waals surface area (Å²) >= 11 is 0. The van der Waals surface area contributed by atoms with E-state index in [2.05, 4.69) is 43.4 Å². The van der Waals surface area contributed by atoms with Gasteiger partial charge in [-0.3, -0.25) is 4.99 Å². The monoisotopic (exact) mass is 523 g/mol. The summed E-state index contributed by atoms with van der Waals surface area (Å²) in [7, 11) is 0. The van der Waals surface area contributed by atoms with Gasteiger partial charge in [-0.15, -0.1) is 24.0 Å². The molecule has 0 saturated carbocycles. The van der Waals surface area contributed by atoms with Crippen LogP contribution in [0.15, 0.2) is 53.5 Å². The third-order valence-electron chi connectivity index (χ3n) is 5.61. The van der Waals surface area contributed by atoms with Crippen LogP contribution in [-0.4, -0.2) is 32.3 Å². The third kappa shape index (κ3) is 6.35. The Morgan fingerprint density at radius 1 is 1.17 bits per heavy atom. The Balaban J connectivity index is 0.00000320. The first kappa shape index (κ1) is 24.5. The van der Waals surface area contributed by atoms with E-state index in [-0.39, 0.29) is 29.4 Å². The third-order valence-corrected chi connectivity index (χ3v) is 5.61. The Bertz CT molecular complexity index is 815. The lowest BCUT2D eigenvalue weighted by molar-refractivity contribution is 0.0531. The fourth-order valence-corrected chi connectivity index (χ4v) is 3.77. The number of benzene rings is 2. The molecule has 6 heteroatoms. The first-order valence-electron chi connectivity index (χ1n) is 10.5. The van der Waals surface area contributed by atoms with Crippen molar-refractivity contribution in [3.63, 3.8) is 0 Å². The lowest BCUT2D eigenvalue weighted by Crippen LogP contribution is -2.38. The lowest BCUT2D eigenvalue weighted by Gasteiger charge is -2.36. The number of halogens is 1. The molecule has 3 N–H and O–H groups in total. The van der Waals surface area contributed by atoms with Crippen molar-refractivity contribution >= 4 is 35.6 Å². The standard InChI is InChI=1S/C24H33N3O2.HI/c1-4-29-22-10-8-20(9-11-22)24(12-14-28-15-13-24)17-26-23(25)27-21-7-5-6-19(16-21)18(2)3;/h5-11,16,18H,4,12-15,17H2,1-3H3,(H3,25,26,27);1H. The molecule has 0 bridgehead atoms. The van der Waals surface area contributed by atoms with Crippen molar-refractivity contribution in [3.05, 3.63) is 59.7 Å². The Kier molecular flexibility index (Phi) is 9.42. The average molecular weight is 523 g/mol. The zero-order valence-corrected chi connectivity index (χ0v) is 20.5. The van der Waals surface area contributed by atoms with Crippen molar-refractivity contribution in [2.75, 3.05) is 31.7 Å². The van der Waals surface area contributed by atoms with Crippen molar-refractivity contribution < 1.29 is 9.47 Å². The van der Waals surface area contributed by atoms with Gasteiger partial charge in [0.1, 0.15) is 5.75 Å². The number of nitrogens with zero attached hydrogens (tertiary/aromatic N) is 1. The predicted octanol–water partition coefficient (Wildman–Crippen LogP) is 5.30. The maximum Gasteiger partial charge on any atom is 0.193 e. The highest BCUT2D eigenvalue weighted by atomic mass is 127. The van der Waals surface area contributed by atoms with Gasteiger partial charge in [0.25, 0.3) is 0 Å². The SMILES string of the molecule is CCOc1ccc(C2(CN=C(N)Nc3cccc(C(C)C)c3)CCOCC2)cc1.I. The fourth-order valence-electron chi connectivity index (χ4n) is 3.77. The molecule has 1 fully saturated rings. The number of ether oxygens (including phenoxy) is 2. The summed E-state index contributed by atoms with van der Waals surface area (Å²) in [6, 6.07) is 16.7. The quantitative estimate of drug-likeness (QED) is 0.294. The molecule has 164 valence electrons. The van der Waals surface area contributed by atoms with Crippen LogP contribution in [0.1, 0.15) is 50.7 Å². The summed E-state index contributed by atoms with van der Waals surface area (Å²) in [5.41, 5.74) is 9.69. The van der Waals surface area contributed by atoms with Gasteiger partial charge in [0.05, 0.1) is 13.2 Å². The Labute approximate surface area is 197 Å². The Hall–Kier alpha value is -1.80. The number of rotatable bonds is 7. The number of anilines is 1. The highest BCUT2D eigenvalue weighted by Gasteiger charge is 2.34. The number of hydrogen-bond acceptors (Lipinski definition) is 3. The van der Waals surface area contributed by atoms with Crippen molar-refractivity contribution in [1.82, 2.24) is 0 Å². The van der Waals surface area contributed by atoms with Gasteiger partial charge in [-0.05, 0) is 61.1 Å². The van der Waals surface area contributed by atoms with E-state index in [1.165, 1.54) is 11.1 Å². The van der Waals surface area contributed by atoms with E-state index in [4.69, 9.17) is 20.2 Å². The Morgan fingerprint density at radius 2 is 1.87 bits per heavy atom. The summed E-state index contributed by atoms with van der Waals surface area (Å²) in [5, 5.41) is 3.25. The van der Waals surface area contributed by atoms with Crippen LogP contribution >= 0.6 is 24.0 Å². The molecule has 0 amide bonds. The molecule has 1 saturated heterocycles. The molecule has 1 heterocycles. The normalized spacial score (nSPS) is 16.1. The first-order valence-corrected chi connectivity index (χ1v) is 10.5. The first-order chi connectivity index (χ1) is 14.0. The molecule has 0 atom stereocenters. The number of nitrogens with two attached hydrogens (primary N) is 1. The van der Waals surface area contributed by atoms with Crippen molar-refractivity contribution in [3.8, 4) is 5.75 Å². The summed E-state index contributed by atoms with van der Waals surface area (Å²) in [5.74, 6) is 1.82. The van der Waals surface area contributed by atoms with Crippen LogP contribution in [0.3, 0.4) is 0 Å². The Morgan fingerprint density at radius 3 is 2.50 bits per heavy atom. The number of hydrogen-bond donors (Lipinski definition) is 2. The van der Waals surface area contributed by atoms with E-state index >= 15 is 0 Å². The van der Waals surface area contributed by atoms with Gasteiger partial charge in [-0.2, -0.15) is 0 Å². The van der Waals surface area contributed by atoms with E-state index in [0.717, 1.165) is 37.5 Å². The van der Waals surface area contributed by atoms with Crippen LogP contribution in [0.5, 0.6) is 5.75 Å². The number of nitrogens with one attached hydrogen (secondary N) is 1. The topological polar surface area (TPSA) is 68.9 Å². The van der Waals surface area contributed by atoms with Crippen LogP contribution in [0, 0.1) is 0 Å². The molecule has 5 nitrogen and oxygen atoms in total. The maximum atomic E-state index is 6.24. The van der Waals surface area contributed by atoms with Gasteiger partial charge < -0.3 is 20.5 Å². The molecular formula is C24H34IN3O2. The van der Waals surface area contributed by atoms with Gasteiger partial charge in [-0.25, -0.2) is 0 Å². The zero-order chi connectivity index (χ0) is 20.7. The zero-order valence-electron chi connectivity index (χ0n) is 18.2. The van der Waals surface area contributed by atoms with E-state index in [1.807, 2.05) is 31.2 Å². The molecular weight excluding hydrogens is 489 g/mol. The highest BCUT2D eigenvalue weighted by molar-refractivity contribution is 14.0. The van der Waals surface area contributed by atoms with Gasteiger partial charge >= 0.3 is 0 Å². The lowest BCUT2D eigenvalue weighted by atomic mass is 9.74. The van der Waals surface area contributed by atoms with Gasteiger partial charge in [-0.1, -0.05) is 38.1 Å². The molecule has 2 aromatic carbocycles. The second-order valence-electron chi connectivity index (χ2n) is 7.96. The molecule has 3 rings (SSSR count). The molecule has 0 unspecified atom stereocenters. The maximum absolute atomic E-state index is 6.24. The molecule has 0 spiro atoms.